The van der Waals surface area contributed by atoms with Crippen LogP contribution in [0.3, 0.4) is 0 Å². The number of rotatable bonds is 3. The van der Waals surface area contributed by atoms with Crippen LogP contribution >= 0.6 is 0 Å². The normalized spacial score (nSPS) is 29.8. The van der Waals surface area contributed by atoms with Gasteiger partial charge in [0.25, 0.3) is 0 Å². The van der Waals surface area contributed by atoms with Crippen LogP contribution < -0.4 is 0 Å². The van der Waals surface area contributed by atoms with Crippen LogP contribution in [0.5, 0.6) is 0 Å². The molecule has 0 bridgehead atoms. The number of benzene rings is 1. The highest BCUT2D eigenvalue weighted by Gasteiger charge is 2.49. The van der Waals surface area contributed by atoms with Crippen molar-refractivity contribution in [3.05, 3.63) is 61.4 Å². The molecular formula is C17H20NO2S. The fourth-order valence-corrected chi connectivity index (χ4v) is 5.23. The summed E-state index contributed by atoms with van der Waals surface area (Å²) in [6.07, 6.45) is 8.52. The van der Waals surface area contributed by atoms with E-state index in [0.29, 0.717) is 11.3 Å². The van der Waals surface area contributed by atoms with Crippen molar-refractivity contribution >= 4 is 9.73 Å². The lowest BCUT2D eigenvalue weighted by Crippen LogP contribution is -2.46. The fourth-order valence-electron chi connectivity index (χ4n) is 3.20. The third-order valence-corrected chi connectivity index (χ3v) is 6.75. The predicted molar refractivity (Wildman–Crippen MR) is 84.3 cm³/mol. The first-order chi connectivity index (χ1) is 10.1. The molecule has 1 aromatic rings. The minimum absolute atomic E-state index is 0.164. The smallest absolute Gasteiger partial charge is 0.0845 e. The molecule has 1 N–H and O–H groups in total. The third-order valence-electron chi connectivity index (χ3n) is 4.28. The van der Waals surface area contributed by atoms with E-state index in [4.69, 9.17) is 0 Å². The molecule has 0 aliphatic heterocycles. The Morgan fingerprint density at radius 3 is 2.76 bits per heavy atom. The molecule has 5 radical (unpaired) electrons. The molecule has 0 heterocycles. The molecule has 0 unspecified atom stereocenters. The van der Waals surface area contributed by atoms with Crippen LogP contribution in [-0.2, 0) is 9.73 Å². The Morgan fingerprint density at radius 2 is 2.05 bits per heavy atom. The summed E-state index contributed by atoms with van der Waals surface area (Å²) in [6.45, 7) is 0. The van der Waals surface area contributed by atoms with E-state index in [0.717, 1.165) is 18.8 Å². The van der Waals surface area contributed by atoms with Gasteiger partial charge in [-0.05, 0) is 56.6 Å². The lowest BCUT2D eigenvalue weighted by molar-refractivity contribution is 0.0616. The van der Waals surface area contributed by atoms with Crippen molar-refractivity contribution in [2.45, 2.75) is 29.8 Å². The maximum Gasteiger partial charge on any atom is 0.0845 e. The zero-order valence-corrected chi connectivity index (χ0v) is 13.0. The molecule has 2 aliphatic carbocycles. The highest BCUT2D eigenvalue weighted by atomic mass is 32.2. The summed E-state index contributed by atoms with van der Waals surface area (Å²) in [5.74, 6) is 2.27. The summed E-state index contributed by atoms with van der Waals surface area (Å²) in [5, 5.41) is 11.1. The minimum Gasteiger partial charge on any atom is -0.388 e. The summed E-state index contributed by atoms with van der Waals surface area (Å²) in [4.78, 5) is 0.694. The van der Waals surface area contributed by atoms with Gasteiger partial charge in [0.05, 0.1) is 21.1 Å². The highest BCUT2D eigenvalue weighted by molar-refractivity contribution is 7.93. The molecule has 0 amide bonds. The molecule has 2 aliphatic rings. The molecule has 21 heavy (non-hydrogen) atoms. The van der Waals surface area contributed by atoms with Crippen LogP contribution in [0.15, 0.2) is 39.6 Å². The van der Waals surface area contributed by atoms with E-state index in [2.05, 4.69) is 4.36 Å². The van der Waals surface area contributed by atoms with Crippen LogP contribution in [0.2, 0.25) is 0 Å². The Balaban J connectivity index is 1.92. The van der Waals surface area contributed by atoms with Gasteiger partial charge in [-0.25, -0.2) is 8.57 Å². The number of hydrogen-bond acceptors (Lipinski definition) is 3. The zero-order valence-electron chi connectivity index (χ0n) is 12.2. The summed E-state index contributed by atoms with van der Waals surface area (Å²) in [6, 6.07) is 9.27. The van der Waals surface area contributed by atoms with Crippen molar-refractivity contribution < 1.29 is 9.32 Å². The summed E-state index contributed by atoms with van der Waals surface area (Å²) < 4.78 is 17.4. The van der Waals surface area contributed by atoms with Crippen LogP contribution in [0.4, 0.5) is 0 Å². The molecule has 3 rings (SSSR count). The lowest BCUT2D eigenvalue weighted by atomic mass is 9.71. The van der Waals surface area contributed by atoms with E-state index >= 15 is 0 Å². The molecule has 2 saturated carbocycles. The van der Waals surface area contributed by atoms with Crippen LogP contribution in [-0.4, -0.2) is 27.7 Å². The van der Waals surface area contributed by atoms with Gasteiger partial charge in [-0.2, -0.15) is 0 Å². The van der Waals surface area contributed by atoms with Crippen molar-refractivity contribution in [2.24, 2.45) is 4.36 Å². The standard InChI is InChI=1S/C17H20NO2S/c1-18-21(20,15-9-3-2-4-10-15)13-17(19)12-6-8-14-7-5-11-16(14)17/h2-5,7,9-11,19H,6,8,12-13H2,1H3/t17-,21+/m0/s1. The summed E-state index contributed by atoms with van der Waals surface area (Å²) in [7, 11) is -1.03. The Morgan fingerprint density at radius 1 is 1.29 bits per heavy atom. The molecule has 2 fully saturated rings. The van der Waals surface area contributed by atoms with Crippen molar-refractivity contribution in [2.75, 3.05) is 12.8 Å². The molecule has 2 atom stereocenters. The second kappa shape index (κ2) is 5.73. The van der Waals surface area contributed by atoms with Crippen LogP contribution in [0, 0.1) is 31.1 Å². The first kappa shape index (κ1) is 15.0. The Kier molecular flexibility index (Phi) is 4.10. The molecular weight excluding hydrogens is 282 g/mol. The fraction of sp³-hybridized carbons (Fsp3) is 0.353. The zero-order chi connectivity index (χ0) is 14.9. The number of nitrogens with zero attached hydrogens (tertiary/aromatic N) is 1. The van der Waals surface area contributed by atoms with Gasteiger partial charge < -0.3 is 5.11 Å². The van der Waals surface area contributed by atoms with Crippen molar-refractivity contribution in [3.8, 4) is 0 Å². The van der Waals surface area contributed by atoms with Gasteiger partial charge in [0.2, 0.25) is 0 Å². The quantitative estimate of drug-likeness (QED) is 0.933. The molecule has 111 valence electrons. The number of aliphatic hydroxyl groups is 1. The average molecular weight is 302 g/mol. The van der Waals surface area contributed by atoms with Crippen molar-refractivity contribution in [1.82, 2.24) is 0 Å². The molecule has 3 nitrogen and oxygen atoms in total. The van der Waals surface area contributed by atoms with Crippen LogP contribution in [0.1, 0.15) is 19.3 Å². The first-order valence-corrected chi connectivity index (χ1v) is 8.91. The van der Waals surface area contributed by atoms with Gasteiger partial charge in [-0.15, -0.1) is 0 Å². The maximum absolute atomic E-state index is 13.2. The van der Waals surface area contributed by atoms with E-state index in [-0.39, 0.29) is 5.75 Å². The van der Waals surface area contributed by atoms with E-state index in [1.165, 1.54) is 5.92 Å². The second-order valence-electron chi connectivity index (χ2n) is 5.63. The Hall–Kier alpha value is -0.870. The van der Waals surface area contributed by atoms with Gasteiger partial charge in [0.1, 0.15) is 0 Å². The monoisotopic (exact) mass is 302 g/mol. The van der Waals surface area contributed by atoms with Gasteiger partial charge in [0, 0.05) is 17.9 Å². The van der Waals surface area contributed by atoms with E-state index in [9.17, 15) is 9.32 Å². The lowest BCUT2D eigenvalue weighted by Gasteiger charge is -2.41. The van der Waals surface area contributed by atoms with E-state index < -0.39 is 15.3 Å². The molecule has 0 saturated heterocycles. The van der Waals surface area contributed by atoms with Gasteiger partial charge in [0.15, 0.2) is 0 Å². The molecule has 4 heteroatoms. The molecule has 0 spiro atoms. The molecule has 1 aromatic carbocycles. The predicted octanol–water partition coefficient (Wildman–Crippen LogP) is 2.83. The van der Waals surface area contributed by atoms with E-state index in [1.54, 1.807) is 7.05 Å². The Labute approximate surface area is 128 Å². The number of fused-ring (bicyclic) bond motifs is 1. The SMILES string of the molecule is CN=[S@@](=O)(C[C@@]1(O)CCC[C]2[CH][CH][CH][C]21)c1ccccc1. The van der Waals surface area contributed by atoms with Gasteiger partial charge in [-0.1, -0.05) is 18.2 Å². The summed E-state index contributed by atoms with van der Waals surface area (Å²) >= 11 is 0. The minimum atomic E-state index is -2.61. The average Bonchev–Trinajstić information content (AvgIpc) is 2.98. The summed E-state index contributed by atoms with van der Waals surface area (Å²) in [5.41, 5.74) is -1.04. The van der Waals surface area contributed by atoms with Crippen LogP contribution in [0.25, 0.3) is 0 Å². The first-order valence-electron chi connectivity index (χ1n) is 7.23. The Bertz CT molecular complexity index is 606. The van der Waals surface area contributed by atoms with Crippen molar-refractivity contribution in [1.29, 1.82) is 0 Å². The van der Waals surface area contributed by atoms with Gasteiger partial charge in [-0.3, -0.25) is 0 Å². The number of hydrogen-bond donors (Lipinski definition) is 1. The third kappa shape index (κ3) is 2.76. The van der Waals surface area contributed by atoms with Gasteiger partial charge >= 0.3 is 0 Å². The maximum atomic E-state index is 13.2. The van der Waals surface area contributed by atoms with Crippen molar-refractivity contribution in [3.63, 3.8) is 0 Å². The highest BCUT2D eigenvalue weighted by Crippen LogP contribution is 2.50. The largest absolute Gasteiger partial charge is 0.388 e. The second-order valence-corrected chi connectivity index (χ2v) is 8.04. The topological polar surface area (TPSA) is 49.7 Å². The molecule has 0 aromatic heterocycles. The van der Waals surface area contributed by atoms with E-state index in [1.807, 2.05) is 49.6 Å².